The van der Waals surface area contributed by atoms with Gasteiger partial charge in [-0.05, 0) is 68.1 Å². The van der Waals surface area contributed by atoms with E-state index in [0.29, 0.717) is 31.4 Å². The molecule has 3 aliphatic rings. The van der Waals surface area contributed by atoms with Crippen LogP contribution in [-0.4, -0.2) is 232 Å². The minimum absolute atomic E-state index is 0.0236. The summed E-state index contributed by atoms with van der Waals surface area (Å²) in [4.78, 5) is 152. The van der Waals surface area contributed by atoms with Gasteiger partial charge in [0.05, 0.1) is 81.7 Å². The van der Waals surface area contributed by atoms with E-state index in [1.54, 1.807) is 77.8 Å². The first kappa shape index (κ1) is 80.5. The second kappa shape index (κ2) is 37.2. The summed E-state index contributed by atoms with van der Waals surface area (Å²) < 4.78 is 64.5. The van der Waals surface area contributed by atoms with Gasteiger partial charge in [-0.1, -0.05) is 91.3 Å². The van der Waals surface area contributed by atoms with Gasteiger partial charge >= 0.3 is 12.1 Å². The number of methoxy groups -OCH3 is 2. The minimum atomic E-state index is -5.13. The number of hydrogen-bond acceptors (Lipinski definition) is 19. The average molecular weight is 1400 g/mol. The van der Waals surface area contributed by atoms with Gasteiger partial charge in [0.15, 0.2) is 5.41 Å². The van der Waals surface area contributed by atoms with Gasteiger partial charge < -0.3 is 76.2 Å². The summed E-state index contributed by atoms with van der Waals surface area (Å²) in [5.74, 6) is -7.55. The molecule has 0 radical (unpaired) electrons. The predicted molar refractivity (Wildman–Crippen MR) is 355 cm³/mol. The Morgan fingerprint density at radius 3 is 2.04 bits per heavy atom. The Hall–Kier alpha value is -8.14. The molecule has 31 nitrogen and oxygen atoms in total. The van der Waals surface area contributed by atoms with Crippen LogP contribution in [-0.2, 0) is 83.6 Å². The topological polar surface area (TPSA) is 420 Å². The maximum Gasteiger partial charge on any atom is 0.410 e. The third kappa shape index (κ3) is 21.2. The first-order valence-corrected chi connectivity index (χ1v) is 34.3. The van der Waals surface area contributed by atoms with Gasteiger partial charge in [-0.25, -0.2) is 9.59 Å². The maximum absolute atomic E-state index is 14.8. The number of nitrogens with one attached hydrogen (secondary N) is 6. The molecule has 11 atom stereocenters. The second-order valence-corrected chi connectivity index (χ2v) is 27.1. The van der Waals surface area contributed by atoms with Gasteiger partial charge in [0, 0.05) is 71.4 Å². The lowest BCUT2D eigenvalue weighted by Crippen LogP contribution is -2.64. The van der Waals surface area contributed by atoms with Crippen LogP contribution in [0.25, 0.3) is 0 Å². The largest absolute Gasteiger partial charge is 0.444 e. The highest BCUT2D eigenvalue weighted by Crippen LogP contribution is 2.32. The van der Waals surface area contributed by atoms with E-state index in [1.807, 2.05) is 19.9 Å². The zero-order chi connectivity index (χ0) is 72.9. The number of imide groups is 1. The van der Waals surface area contributed by atoms with E-state index in [0.717, 1.165) is 34.1 Å². The molecule has 98 heavy (non-hydrogen) atoms. The molecule has 2 saturated heterocycles. The van der Waals surface area contributed by atoms with Gasteiger partial charge in [-0.15, -0.1) is 0 Å². The molecule has 32 heteroatoms. The van der Waals surface area contributed by atoms with Crippen LogP contribution in [0.1, 0.15) is 111 Å². The van der Waals surface area contributed by atoms with Crippen LogP contribution in [0.3, 0.4) is 0 Å². The lowest BCUT2D eigenvalue weighted by Gasteiger charge is -2.41. The summed E-state index contributed by atoms with van der Waals surface area (Å²) in [6.45, 7) is 12.7. The molecular weight excluding hydrogens is 1300 g/mol. The highest BCUT2D eigenvalue weighted by atomic mass is 32.2. The van der Waals surface area contributed by atoms with Crippen LogP contribution in [0.15, 0.2) is 65.6 Å². The molecule has 0 unspecified atom stereocenters. The van der Waals surface area contributed by atoms with Crippen LogP contribution < -0.4 is 37.6 Å². The standard InChI is InChI=1S/C66H99N11O20S/c1-13-40(6)55(48(93-11)34-52(80)76-29-18-22-47(76)57(94-12)41(7)58(82)70-42(8)56(81)43-19-15-14-16-20-43)74(9)61(85)53(38(2)3)73-60(84)54(39(4)5)75(10)65(89)97-35-44-23-24-45(33-49(44)98(90,91)92)71-59(83)46(21-17-27-69-64(67)88)72-63(87)66(36-96-37-66)62(86)68-28-31-95-32-30-77-50(78)25-26-51(77)79/h14-16,19-20,23-26,33,38-42,46-48,53-57,81H,13,17-18,21-22,27-32,34-37H2,1-12H3,(H,68,86)(H,70,82)(H,71,83)(H,72,87)(H,73,84)(H3,67,69,88)(H,90,91,92)/t40-,41+,42+,46-,47-,48+,53-,54-,55-,56+,57+/m0/s1. The van der Waals surface area contributed by atoms with Crippen molar-refractivity contribution in [1.82, 2.24) is 46.2 Å². The van der Waals surface area contributed by atoms with E-state index in [2.05, 4.69) is 31.9 Å². The molecule has 10 N–H and O–H groups in total. The number of carbonyl (C=O) groups is 11. The molecule has 0 aromatic heterocycles. The molecule has 2 aromatic rings. The number of hydrogen-bond donors (Lipinski definition) is 9. The number of rotatable bonds is 38. The van der Waals surface area contributed by atoms with Gasteiger partial charge in [0.25, 0.3) is 21.9 Å². The Morgan fingerprint density at radius 2 is 1.47 bits per heavy atom. The van der Waals surface area contributed by atoms with Gasteiger partial charge in [0.1, 0.15) is 29.6 Å². The number of carbonyl (C=O) groups excluding carboxylic acids is 11. The summed E-state index contributed by atoms with van der Waals surface area (Å²) in [5, 5.41) is 26.7. The molecule has 3 heterocycles. The van der Waals surface area contributed by atoms with Gasteiger partial charge in [0.2, 0.25) is 41.4 Å². The normalized spacial score (nSPS) is 18.2. The lowest BCUT2D eigenvalue weighted by molar-refractivity contribution is -0.174. The highest BCUT2D eigenvalue weighted by molar-refractivity contribution is 7.85. The van der Waals surface area contributed by atoms with Crippen molar-refractivity contribution < 1.29 is 94.5 Å². The highest BCUT2D eigenvalue weighted by Gasteiger charge is 2.53. The van der Waals surface area contributed by atoms with E-state index in [-0.39, 0.29) is 94.3 Å². The minimum Gasteiger partial charge on any atom is -0.444 e. The zero-order valence-corrected chi connectivity index (χ0v) is 58.7. The van der Waals surface area contributed by atoms with Crippen molar-refractivity contribution in [3.8, 4) is 0 Å². The number of aliphatic hydroxyl groups excluding tert-OH is 1. The maximum atomic E-state index is 14.8. The zero-order valence-electron chi connectivity index (χ0n) is 57.9. The van der Waals surface area contributed by atoms with Crippen LogP contribution in [0.4, 0.5) is 15.3 Å². The first-order valence-electron chi connectivity index (χ1n) is 32.8. The number of anilines is 1. The van der Waals surface area contributed by atoms with Crippen molar-refractivity contribution in [2.24, 2.45) is 34.8 Å². The Morgan fingerprint density at radius 1 is 0.806 bits per heavy atom. The van der Waals surface area contributed by atoms with E-state index in [9.17, 15) is 70.8 Å². The Balaban J connectivity index is 1.23. The number of benzene rings is 2. The fourth-order valence-electron chi connectivity index (χ4n) is 12.2. The van der Waals surface area contributed by atoms with Crippen LogP contribution in [0.5, 0.6) is 0 Å². The number of likely N-dealkylation sites (tertiary alicyclic amines) is 1. The Kier molecular flexibility index (Phi) is 30.5. The molecule has 2 aromatic carbocycles. The third-order valence-corrected chi connectivity index (χ3v) is 19.0. The SMILES string of the molecule is CC[C@H](C)[C@@H]([C@@H](CC(=O)N1CCC[C@H]1[C@H](OC)[C@@H](C)C(=O)N[C@H](C)[C@@H](O)c1ccccc1)OC)N(C)C(=O)[C@@H](NC(=O)[C@H](C(C)C)N(C)C(=O)OCc1ccc(NC(=O)[C@H](CCCNC(N)=O)NC(=O)C2(C(=O)NCCOCCN3C(=O)C=CC3=O)COC2)cc1S(=O)(=O)O)C(C)C. The molecule has 0 saturated carbocycles. The number of nitrogens with two attached hydrogens (primary N) is 1. The number of ether oxygens (including phenoxy) is 5. The molecule has 12 amide bonds. The molecular formula is C66H99N11O20S. The van der Waals surface area contributed by atoms with E-state index in [4.69, 9.17) is 29.4 Å². The quantitative estimate of drug-likeness (QED) is 0.0200. The third-order valence-electron chi connectivity index (χ3n) is 18.1. The smallest absolute Gasteiger partial charge is 0.410 e. The van der Waals surface area contributed by atoms with Crippen LogP contribution >= 0.6 is 0 Å². The van der Waals surface area contributed by atoms with Crippen molar-refractivity contribution in [3.05, 3.63) is 71.8 Å². The predicted octanol–water partition coefficient (Wildman–Crippen LogP) is 1.77. The van der Waals surface area contributed by atoms with Crippen molar-refractivity contribution >= 4 is 81.1 Å². The van der Waals surface area contributed by atoms with Crippen molar-refractivity contribution in [3.63, 3.8) is 0 Å². The molecule has 0 spiro atoms. The fraction of sp³-hybridized carbons (Fsp3) is 0.621. The number of likely N-dealkylation sites (N-methyl/N-ethyl adjacent to an activating group) is 2. The van der Waals surface area contributed by atoms with Crippen molar-refractivity contribution in [1.29, 1.82) is 0 Å². The van der Waals surface area contributed by atoms with Crippen LogP contribution in [0.2, 0.25) is 0 Å². The van der Waals surface area contributed by atoms with E-state index < -0.39 is 153 Å². The number of amides is 12. The molecule has 544 valence electrons. The second-order valence-electron chi connectivity index (χ2n) is 25.7. The molecule has 2 fully saturated rings. The summed E-state index contributed by atoms with van der Waals surface area (Å²) >= 11 is 0. The van der Waals surface area contributed by atoms with Crippen molar-refractivity contribution in [2.75, 3.05) is 86.2 Å². The van der Waals surface area contributed by atoms with Gasteiger partial charge in [-0.3, -0.25) is 57.5 Å². The fourth-order valence-corrected chi connectivity index (χ4v) is 13.0. The molecule has 3 aliphatic heterocycles. The average Bonchev–Trinajstić information content (AvgIpc) is 0.901. The molecule has 0 bridgehead atoms. The number of nitrogens with zero attached hydrogens (tertiary/aromatic N) is 4. The van der Waals surface area contributed by atoms with Crippen molar-refractivity contribution in [2.45, 2.75) is 160 Å². The summed E-state index contributed by atoms with van der Waals surface area (Å²) in [5.41, 5.74) is 3.57. The Bertz CT molecular complexity index is 3260. The number of primary amides is 1. The van der Waals surface area contributed by atoms with E-state index >= 15 is 0 Å². The summed E-state index contributed by atoms with van der Waals surface area (Å²) in [7, 11) is 0.657. The monoisotopic (exact) mass is 1400 g/mol. The lowest BCUT2D eigenvalue weighted by atomic mass is 9.83. The molecule has 5 rings (SSSR count). The molecule has 0 aliphatic carbocycles. The summed E-state index contributed by atoms with van der Waals surface area (Å²) in [6.07, 6.45) is 0.163. The first-order chi connectivity index (χ1) is 46.2. The van der Waals surface area contributed by atoms with Gasteiger partial charge in [-0.2, -0.15) is 8.42 Å². The number of urea groups is 1. The van der Waals surface area contributed by atoms with Crippen LogP contribution in [0, 0.1) is 29.1 Å². The Labute approximate surface area is 572 Å². The number of aliphatic hydroxyl groups is 1. The summed E-state index contributed by atoms with van der Waals surface area (Å²) in [6, 6.07) is 5.63. The van der Waals surface area contributed by atoms with E-state index in [1.165, 1.54) is 32.2 Å².